The third-order valence-corrected chi connectivity index (χ3v) is 4.81. The smallest absolute Gasteiger partial charge is 0.413 e. The van der Waals surface area contributed by atoms with Gasteiger partial charge in [-0.25, -0.2) is 14.4 Å². The average molecular weight is 464 g/mol. The van der Waals surface area contributed by atoms with Crippen molar-refractivity contribution in [1.82, 2.24) is 0 Å². The molecule has 0 radical (unpaired) electrons. The molecule has 4 aliphatic rings. The molecule has 0 aliphatic carbocycles. The molecular formula is C15H12O17. The molecule has 0 aromatic heterocycles. The summed E-state index contributed by atoms with van der Waals surface area (Å²) in [6.07, 6.45) is -5.15. The SMILES string of the molecule is O=C1CC2(O)CC(=O)OC(C3(O)OC(=O)CC4(O)CC(=O)OC3(O)OC4=O)(OO1)OC2=O. The summed E-state index contributed by atoms with van der Waals surface area (Å²) in [6.45, 7) is 0. The van der Waals surface area contributed by atoms with E-state index in [1.165, 1.54) is 0 Å². The van der Waals surface area contributed by atoms with Gasteiger partial charge in [0.15, 0.2) is 11.2 Å². The highest BCUT2D eigenvalue weighted by Crippen LogP contribution is 2.48. The standard InChI is InChI=1S/C15H12O17/c16-5-1-11(22)2-6(17)27-14(25,29-9(11)20)13(24,26-5)15-28-7(18)3-12(23,10(21)30-15)4-8(19)31-32-15/h22-25H,1-4H2. The fourth-order valence-corrected chi connectivity index (χ4v) is 3.24. The minimum Gasteiger partial charge on any atom is -0.413 e. The first-order chi connectivity index (χ1) is 14.7. The zero-order valence-corrected chi connectivity index (χ0v) is 15.4. The zero-order valence-electron chi connectivity index (χ0n) is 15.4. The Morgan fingerprint density at radius 3 is 1.62 bits per heavy atom. The van der Waals surface area contributed by atoms with Gasteiger partial charge in [0.25, 0.3) is 0 Å². The number of rotatable bonds is 1. The van der Waals surface area contributed by atoms with Crippen molar-refractivity contribution < 1.29 is 82.7 Å². The summed E-state index contributed by atoms with van der Waals surface area (Å²) in [5.41, 5.74) is -5.84. The Kier molecular flexibility index (Phi) is 4.32. The molecule has 0 saturated carbocycles. The molecule has 4 aliphatic heterocycles. The summed E-state index contributed by atoms with van der Waals surface area (Å²) < 4.78 is 22.5. The second-order valence-electron chi connectivity index (χ2n) is 7.29. The van der Waals surface area contributed by atoms with E-state index in [1.807, 2.05) is 0 Å². The maximum Gasteiger partial charge on any atom is 0.493 e. The number of carbonyl (C=O) groups excluding carboxylic acids is 6. The van der Waals surface area contributed by atoms with Crippen LogP contribution in [0.1, 0.15) is 25.7 Å². The number of esters is 5. The minimum atomic E-state index is -4.33. The second kappa shape index (κ2) is 6.33. The summed E-state index contributed by atoms with van der Waals surface area (Å²) in [6, 6.07) is 0. The van der Waals surface area contributed by atoms with Crippen LogP contribution in [0.15, 0.2) is 0 Å². The molecule has 4 heterocycles. The molecule has 5 unspecified atom stereocenters. The van der Waals surface area contributed by atoms with Gasteiger partial charge in [-0.05, 0) is 0 Å². The van der Waals surface area contributed by atoms with Gasteiger partial charge in [0.1, 0.15) is 0 Å². The van der Waals surface area contributed by atoms with Crippen LogP contribution in [-0.4, -0.2) is 85.2 Å². The van der Waals surface area contributed by atoms with E-state index in [-0.39, 0.29) is 0 Å². The van der Waals surface area contributed by atoms with Crippen molar-refractivity contribution in [3.05, 3.63) is 0 Å². The van der Waals surface area contributed by atoms with E-state index >= 15 is 0 Å². The monoisotopic (exact) mass is 464 g/mol. The molecule has 32 heavy (non-hydrogen) atoms. The Labute approximate surface area is 174 Å². The summed E-state index contributed by atoms with van der Waals surface area (Å²) in [5.74, 6) is -23.0. The van der Waals surface area contributed by atoms with Gasteiger partial charge < -0.3 is 44.1 Å². The summed E-state index contributed by atoms with van der Waals surface area (Å²) >= 11 is 0. The highest BCUT2D eigenvalue weighted by Gasteiger charge is 2.84. The van der Waals surface area contributed by atoms with Crippen LogP contribution < -0.4 is 0 Å². The average Bonchev–Trinajstić information content (AvgIpc) is 2.73. The van der Waals surface area contributed by atoms with Crippen molar-refractivity contribution in [2.24, 2.45) is 0 Å². The number of cyclic esters (lactones) is 1. The predicted octanol–water partition coefficient (Wildman–Crippen LogP) is -4.76. The van der Waals surface area contributed by atoms with Gasteiger partial charge in [-0.15, -0.1) is 0 Å². The molecule has 5 atom stereocenters. The molecule has 0 spiro atoms. The molecule has 17 heteroatoms. The van der Waals surface area contributed by atoms with Gasteiger partial charge in [-0.2, -0.15) is 0 Å². The molecule has 0 aromatic carbocycles. The van der Waals surface area contributed by atoms with Crippen LogP contribution in [0, 0.1) is 0 Å². The number of fused-ring (bicyclic) bond motifs is 6. The lowest BCUT2D eigenvalue weighted by molar-refractivity contribution is -0.586. The van der Waals surface area contributed by atoms with Crippen LogP contribution in [-0.2, 0) is 62.2 Å². The number of carbonyl (C=O) groups is 6. The fourth-order valence-electron chi connectivity index (χ4n) is 3.24. The van der Waals surface area contributed by atoms with E-state index in [0.29, 0.717) is 0 Å². The molecule has 4 rings (SSSR count). The van der Waals surface area contributed by atoms with Crippen molar-refractivity contribution in [1.29, 1.82) is 0 Å². The van der Waals surface area contributed by atoms with E-state index in [2.05, 4.69) is 33.5 Å². The van der Waals surface area contributed by atoms with Crippen molar-refractivity contribution in [3.63, 3.8) is 0 Å². The van der Waals surface area contributed by atoms with Crippen LogP contribution in [0.25, 0.3) is 0 Å². The van der Waals surface area contributed by atoms with Gasteiger partial charge in [0.2, 0.25) is 0 Å². The molecule has 4 bridgehead atoms. The third kappa shape index (κ3) is 2.90. The molecule has 4 fully saturated rings. The topological polar surface area (TPSA) is 248 Å². The molecule has 4 saturated heterocycles. The summed E-state index contributed by atoms with van der Waals surface area (Å²) in [4.78, 5) is 81.8. The van der Waals surface area contributed by atoms with E-state index in [4.69, 9.17) is 0 Å². The van der Waals surface area contributed by atoms with Gasteiger partial charge in [0, 0.05) is 0 Å². The molecule has 17 nitrogen and oxygen atoms in total. The van der Waals surface area contributed by atoms with Crippen molar-refractivity contribution >= 4 is 35.8 Å². The third-order valence-electron chi connectivity index (χ3n) is 4.81. The summed E-state index contributed by atoms with van der Waals surface area (Å²) in [7, 11) is 0. The van der Waals surface area contributed by atoms with Crippen LogP contribution in [0.4, 0.5) is 0 Å². The van der Waals surface area contributed by atoms with Crippen LogP contribution in [0.5, 0.6) is 0 Å². The van der Waals surface area contributed by atoms with Gasteiger partial charge in [-0.3, -0.25) is 19.3 Å². The number of hydrogen-bond donors (Lipinski definition) is 4. The van der Waals surface area contributed by atoms with E-state index in [1.54, 1.807) is 0 Å². The predicted molar refractivity (Wildman–Crippen MR) is 78.6 cm³/mol. The van der Waals surface area contributed by atoms with Crippen LogP contribution >= 0.6 is 0 Å². The minimum absolute atomic E-state index is 1.20. The van der Waals surface area contributed by atoms with Crippen LogP contribution in [0.2, 0.25) is 0 Å². The van der Waals surface area contributed by atoms with Crippen molar-refractivity contribution in [2.75, 3.05) is 0 Å². The van der Waals surface area contributed by atoms with E-state index in [9.17, 15) is 49.2 Å². The van der Waals surface area contributed by atoms with E-state index < -0.39 is 90.4 Å². The first-order valence-corrected chi connectivity index (χ1v) is 8.56. The maximum atomic E-state index is 12.5. The van der Waals surface area contributed by atoms with E-state index in [0.717, 1.165) is 0 Å². The fraction of sp³-hybridized carbons (Fsp3) is 0.600. The Morgan fingerprint density at radius 2 is 1.03 bits per heavy atom. The Balaban J connectivity index is 1.94. The van der Waals surface area contributed by atoms with Crippen molar-refractivity contribution in [2.45, 2.75) is 54.6 Å². The highest BCUT2D eigenvalue weighted by molar-refractivity contribution is 5.93. The normalized spacial score (nSPS) is 44.2. The largest absolute Gasteiger partial charge is 0.493 e. The molecule has 0 aromatic rings. The Hall–Kier alpha value is -3.38. The first kappa shape index (κ1) is 21.8. The molecule has 174 valence electrons. The maximum absolute atomic E-state index is 12.5. The number of aliphatic hydroxyl groups is 4. The molecule has 4 N–H and O–H groups in total. The van der Waals surface area contributed by atoms with Gasteiger partial charge in [0.05, 0.1) is 25.7 Å². The first-order valence-electron chi connectivity index (χ1n) is 8.56. The summed E-state index contributed by atoms with van der Waals surface area (Å²) in [5, 5.41) is 42.4. The highest BCUT2D eigenvalue weighted by atomic mass is 17.3. The second-order valence-corrected chi connectivity index (χ2v) is 7.29. The van der Waals surface area contributed by atoms with Gasteiger partial charge >= 0.3 is 53.5 Å². The Bertz CT molecular complexity index is 973. The Morgan fingerprint density at radius 1 is 0.562 bits per heavy atom. The lowest BCUT2D eigenvalue weighted by Gasteiger charge is -2.45. The molecular weight excluding hydrogens is 452 g/mol. The van der Waals surface area contributed by atoms with Gasteiger partial charge in [-0.1, -0.05) is 4.89 Å². The lowest BCUT2D eigenvalue weighted by atomic mass is 9.95. The zero-order chi connectivity index (χ0) is 23.7. The quantitative estimate of drug-likeness (QED) is 0.161. The van der Waals surface area contributed by atoms with Crippen LogP contribution in [0.3, 0.4) is 0 Å². The lowest BCUT2D eigenvalue weighted by Crippen LogP contribution is -2.76. The molecule has 0 amide bonds. The number of hydrogen-bond acceptors (Lipinski definition) is 17. The van der Waals surface area contributed by atoms with Crippen molar-refractivity contribution in [3.8, 4) is 0 Å². The number of ether oxygens (including phenoxy) is 5.